The van der Waals surface area contributed by atoms with E-state index in [-0.39, 0.29) is 5.92 Å². The molecule has 0 heterocycles. The van der Waals surface area contributed by atoms with Crippen molar-refractivity contribution in [1.29, 1.82) is 5.26 Å². The number of rotatable bonds is 4. The summed E-state index contributed by atoms with van der Waals surface area (Å²) in [5.41, 5.74) is 0. The first kappa shape index (κ1) is 15.1. The minimum atomic E-state index is -4.03. The van der Waals surface area contributed by atoms with Crippen molar-refractivity contribution >= 4 is 26.0 Å². The van der Waals surface area contributed by atoms with E-state index >= 15 is 0 Å². The number of nitriles is 1. The van der Waals surface area contributed by atoms with Gasteiger partial charge in [0.15, 0.2) is 0 Å². The second kappa shape index (κ2) is 5.78. The molecule has 1 aromatic rings. The topological polar surface area (TPSA) is 70.0 Å². The molecule has 4 nitrogen and oxygen atoms in total. The molecule has 0 aliphatic carbocycles. The van der Waals surface area contributed by atoms with Gasteiger partial charge in [0.05, 0.1) is 6.07 Å². The Bertz CT molecular complexity index is 581. The number of halogens is 2. The second-order valence-electron chi connectivity index (χ2n) is 4.05. The third-order valence-corrected chi connectivity index (χ3v) is 4.24. The van der Waals surface area contributed by atoms with Crippen molar-refractivity contribution < 1.29 is 12.8 Å². The van der Waals surface area contributed by atoms with E-state index in [1.54, 1.807) is 13.8 Å². The Morgan fingerprint density at radius 1 is 1.44 bits per heavy atom. The van der Waals surface area contributed by atoms with Crippen LogP contribution in [-0.4, -0.2) is 14.5 Å². The number of benzene rings is 1. The third kappa shape index (κ3) is 3.51. The van der Waals surface area contributed by atoms with Gasteiger partial charge >= 0.3 is 0 Å². The Morgan fingerprint density at radius 2 is 2.06 bits per heavy atom. The van der Waals surface area contributed by atoms with Crippen molar-refractivity contribution in [3.63, 3.8) is 0 Å². The van der Waals surface area contributed by atoms with E-state index in [2.05, 4.69) is 20.7 Å². The van der Waals surface area contributed by atoms with Gasteiger partial charge < -0.3 is 0 Å². The average Bonchev–Trinajstić information content (AvgIpc) is 2.24. The van der Waals surface area contributed by atoms with Crippen LogP contribution in [0.25, 0.3) is 0 Å². The predicted molar refractivity (Wildman–Crippen MR) is 68.7 cm³/mol. The summed E-state index contributed by atoms with van der Waals surface area (Å²) in [5, 5.41) is 8.84. The van der Waals surface area contributed by atoms with Crippen molar-refractivity contribution in [2.45, 2.75) is 24.8 Å². The van der Waals surface area contributed by atoms with Crippen LogP contribution in [0, 0.1) is 23.1 Å². The van der Waals surface area contributed by atoms with E-state index in [4.69, 9.17) is 5.26 Å². The molecule has 1 unspecified atom stereocenters. The average molecular weight is 335 g/mol. The fourth-order valence-electron chi connectivity index (χ4n) is 1.24. The molecule has 0 radical (unpaired) electrons. The largest absolute Gasteiger partial charge is 0.244 e. The molecule has 1 rings (SSSR count). The van der Waals surface area contributed by atoms with Crippen LogP contribution in [0.2, 0.25) is 0 Å². The number of hydrogen-bond acceptors (Lipinski definition) is 3. The first-order chi connectivity index (χ1) is 8.27. The van der Waals surface area contributed by atoms with Crippen LogP contribution in [-0.2, 0) is 10.0 Å². The van der Waals surface area contributed by atoms with E-state index in [9.17, 15) is 12.8 Å². The molecule has 0 aromatic heterocycles. The van der Waals surface area contributed by atoms with Gasteiger partial charge in [-0.3, -0.25) is 0 Å². The Labute approximate surface area is 114 Å². The van der Waals surface area contributed by atoms with Crippen molar-refractivity contribution in [2.24, 2.45) is 5.92 Å². The van der Waals surface area contributed by atoms with Gasteiger partial charge in [0, 0.05) is 4.47 Å². The molecule has 0 saturated heterocycles. The molecule has 0 saturated carbocycles. The maximum absolute atomic E-state index is 13.6. The number of sulfonamides is 1. The number of nitrogens with zero attached hydrogens (tertiary/aromatic N) is 1. The van der Waals surface area contributed by atoms with Gasteiger partial charge in [-0.05, 0) is 24.1 Å². The Hall–Kier alpha value is -0.970. The fourth-order valence-corrected chi connectivity index (χ4v) is 2.92. The zero-order chi connectivity index (χ0) is 13.9. The molecule has 0 aliphatic rings. The monoisotopic (exact) mass is 334 g/mol. The van der Waals surface area contributed by atoms with Crippen LogP contribution in [0.5, 0.6) is 0 Å². The molecular formula is C11H12BrFN2O2S. The maximum atomic E-state index is 13.6. The Balaban J connectivity index is 3.11. The van der Waals surface area contributed by atoms with E-state index in [0.29, 0.717) is 4.47 Å². The standard InChI is InChI=1S/C11H12BrFN2O2S/c1-7(2)10(6-14)15-18(16,17)11-4-3-8(12)5-9(11)13/h3-5,7,10,15H,1-2H3. The molecule has 1 aromatic carbocycles. The highest BCUT2D eigenvalue weighted by atomic mass is 79.9. The first-order valence-corrected chi connectivity index (χ1v) is 7.42. The van der Waals surface area contributed by atoms with Crippen LogP contribution in [0.3, 0.4) is 0 Å². The van der Waals surface area contributed by atoms with Gasteiger partial charge in [-0.15, -0.1) is 0 Å². The molecule has 0 spiro atoms. The zero-order valence-electron chi connectivity index (χ0n) is 9.81. The molecule has 18 heavy (non-hydrogen) atoms. The molecule has 0 amide bonds. The quantitative estimate of drug-likeness (QED) is 0.919. The number of nitrogens with one attached hydrogen (secondary N) is 1. The van der Waals surface area contributed by atoms with Crippen molar-refractivity contribution in [3.05, 3.63) is 28.5 Å². The lowest BCUT2D eigenvalue weighted by atomic mass is 10.1. The summed E-state index contributed by atoms with van der Waals surface area (Å²) in [6.07, 6.45) is 0. The summed E-state index contributed by atoms with van der Waals surface area (Å²) in [4.78, 5) is -0.466. The van der Waals surface area contributed by atoms with Gasteiger partial charge in [-0.25, -0.2) is 12.8 Å². The fraction of sp³-hybridized carbons (Fsp3) is 0.364. The van der Waals surface area contributed by atoms with Gasteiger partial charge in [0.25, 0.3) is 0 Å². The van der Waals surface area contributed by atoms with Crippen LogP contribution in [0.1, 0.15) is 13.8 Å². The SMILES string of the molecule is CC(C)C(C#N)NS(=O)(=O)c1ccc(Br)cc1F. The third-order valence-electron chi connectivity index (χ3n) is 2.27. The van der Waals surface area contributed by atoms with Gasteiger partial charge in [-0.2, -0.15) is 9.98 Å². The second-order valence-corrected chi connectivity index (χ2v) is 6.64. The van der Waals surface area contributed by atoms with Crippen LogP contribution < -0.4 is 4.72 Å². The van der Waals surface area contributed by atoms with Crippen molar-refractivity contribution in [1.82, 2.24) is 4.72 Å². The van der Waals surface area contributed by atoms with Crippen LogP contribution in [0.15, 0.2) is 27.6 Å². The minimum Gasteiger partial charge on any atom is -0.207 e. The lowest BCUT2D eigenvalue weighted by molar-refractivity contribution is 0.508. The molecule has 0 bridgehead atoms. The smallest absolute Gasteiger partial charge is 0.207 e. The molecular weight excluding hydrogens is 323 g/mol. The minimum absolute atomic E-state index is 0.205. The van der Waals surface area contributed by atoms with Gasteiger partial charge in [0.1, 0.15) is 16.8 Å². The maximum Gasteiger partial charge on any atom is 0.244 e. The summed E-state index contributed by atoms with van der Waals surface area (Å²) in [6, 6.07) is 4.58. The molecule has 1 N–H and O–H groups in total. The summed E-state index contributed by atoms with van der Waals surface area (Å²) >= 11 is 3.04. The summed E-state index contributed by atoms with van der Waals surface area (Å²) in [7, 11) is -4.03. The van der Waals surface area contributed by atoms with Crippen LogP contribution >= 0.6 is 15.9 Å². The lowest BCUT2D eigenvalue weighted by Gasteiger charge is -2.15. The molecule has 7 heteroatoms. The highest BCUT2D eigenvalue weighted by molar-refractivity contribution is 9.10. The van der Waals surface area contributed by atoms with E-state index in [0.717, 1.165) is 12.1 Å². The van der Waals surface area contributed by atoms with E-state index in [1.165, 1.54) is 6.07 Å². The predicted octanol–water partition coefficient (Wildman–Crippen LogP) is 2.41. The summed E-state index contributed by atoms with van der Waals surface area (Å²) in [5.74, 6) is -1.07. The zero-order valence-corrected chi connectivity index (χ0v) is 12.2. The Kier molecular flexibility index (Phi) is 4.85. The van der Waals surface area contributed by atoms with Gasteiger partial charge in [-0.1, -0.05) is 29.8 Å². The molecule has 1 atom stereocenters. The van der Waals surface area contributed by atoms with Gasteiger partial charge in [0.2, 0.25) is 10.0 Å². The normalized spacial score (nSPS) is 13.3. The van der Waals surface area contributed by atoms with Crippen molar-refractivity contribution in [2.75, 3.05) is 0 Å². The molecule has 98 valence electrons. The Morgan fingerprint density at radius 3 is 2.50 bits per heavy atom. The number of hydrogen-bond donors (Lipinski definition) is 1. The van der Waals surface area contributed by atoms with Crippen molar-refractivity contribution in [3.8, 4) is 6.07 Å². The van der Waals surface area contributed by atoms with Crippen LogP contribution in [0.4, 0.5) is 4.39 Å². The highest BCUT2D eigenvalue weighted by Gasteiger charge is 2.24. The molecule has 0 aliphatic heterocycles. The van der Waals surface area contributed by atoms with E-state index in [1.807, 2.05) is 6.07 Å². The first-order valence-electron chi connectivity index (χ1n) is 5.15. The summed E-state index contributed by atoms with van der Waals surface area (Å²) in [6.45, 7) is 3.41. The lowest BCUT2D eigenvalue weighted by Crippen LogP contribution is -2.37. The van der Waals surface area contributed by atoms with E-state index < -0.39 is 26.8 Å². The summed E-state index contributed by atoms with van der Waals surface area (Å²) < 4.78 is 40.0. The highest BCUT2D eigenvalue weighted by Crippen LogP contribution is 2.20. The molecule has 0 fully saturated rings.